The van der Waals surface area contributed by atoms with Crippen molar-refractivity contribution in [2.45, 2.75) is 56.0 Å². The van der Waals surface area contributed by atoms with Crippen LogP contribution in [0.4, 0.5) is 0 Å². The second kappa shape index (κ2) is 13.0. The predicted octanol–water partition coefficient (Wildman–Crippen LogP) is 2.74. The number of hydrogen-bond donors (Lipinski definition) is 3. The molecular weight excluding hydrogens is 460 g/mol. The summed E-state index contributed by atoms with van der Waals surface area (Å²) < 4.78 is 39.0. The van der Waals surface area contributed by atoms with E-state index < -0.39 is 34.0 Å². The maximum Gasteiger partial charge on any atom is 0.326 e. The number of aliphatic carboxylic acids is 1. The van der Waals surface area contributed by atoms with Gasteiger partial charge >= 0.3 is 5.97 Å². The van der Waals surface area contributed by atoms with E-state index in [-0.39, 0.29) is 23.5 Å². The Hall–Kier alpha value is -3.11. The molecule has 0 radical (unpaired) electrons. The summed E-state index contributed by atoms with van der Waals surface area (Å²) >= 11 is 0. The van der Waals surface area contributed by atoms with E-state index in [0.29, 0.717) is 18.6 Å². The number of nitrogens with one attached hydrogen (secondary N) is 2. The number of carbonyl (C=O) groups excluding carboxylic acids is 1. The van der Waals surface area contributed by atoms with E-state index in [1.54, 1.807) is 0 Å². The minimum Gasteiger partial charge on any atom is -0.493 e. The quantitative estimate of drug-likeness (QED) is 0.370. The first-order valence-corrected chi connectivity index (χ1v) is 12.5. The van der Waals surface area contributed by atoms with Crippen molar-refractivity contribution < 1.29 is 32.6 Å². The van der Waals surface area contributed by atoms with Crippen LogP contribution in [0.1, 0.15) is 38.2 Å². The summed E-state index contributed by atoms with van der Waals surface area (Å²) in [6.45, 7) is 1.92. The fraction of sp³-hybridized carbons (Fsp3) is 0.417. The van der Waals surface area contributed by atoms with Gasteiger partial charge in [0.25, 0.3) is 0 Å². The number of carboxylic acid groups (broad SMARTS) is 1. The average Bonchev–Trinajstić information content (AvgIpc) is 2.83. The second-order valence-electron chi connectivity index (χ2n) is 7.76. The van der Waals surface area contributed by atoms with E-state index in [1.165, 1.54) is 32.4 Å². The summed E-state index contributed by atoms with van der Waals surface area (Å²) in [6.07, 6.45) is 2.19. The van der Waals surface area contributed by atoms with Crippen molar-refractivity contribution in [2.24, 2.45) is 0 Å². The third-order valence-corrected chi connectivity index (χ3v) is 6.77. The number of ether oxygens (including phenoxy) is 2. The number of sulfonamides is 1. The first-order valence-electron chi connectivity index (χ1n) is 11.0. The molecule has 186 valence electrons. The van der Waals surface area contributed by atoms with Crippen molar-refractivity contribution in [3.05, 3.63) is 54.1 Å². The highest BCUT2D eigenvalue weighted by molar-refractivity contribution is 7.89. The van der Waals surface area contributed by atoms with Crippen LogP contribution in [-0.2, 0) is 26.0 Å². The first-order chi connectivity index (χ1) is 16.2. The second-order valence-corrected chi connectivity index (χ2v) is 9.47. The molecule has 0 saturated carbocycles. The molecule has 2 aromatic carbocycles. The molecule has 0 fully saturated rings. The van der Waals surface area contributed by atoms with Crippen molar-refractivity contribution in [2.75, 3.05) is 14.2 Å². The third kappa shape index (κ3) is 7.74. The maximum absolute atomic E-state index is 13.1. The molecule has 2 rings (SSSR count). The van der Waals surface area contributed by atoms with Crippen LogP contribution in [0.25, 0.3) is 0 Å². The fourth-order valence-electron chi connectivity index (χ4n) is 3.38. The summed E-state index contributed by atoms with van der Waals surface area (Å²) in [5, 5.41) is 12.0. The minimum atomic E-state index is -4.13. The van der Waals surface area contributed by atoms with Gasteiger partial charge in [-0.05, 0) is 37.0 Å². The molecule has 0 aliphatic rings. The van der Waals surface area contributed by atoms with E-state index in [1.807, 2.05) is 37.3 Å². The van der Waals surface area contributed by atoms with Crippen LogP contribution in [0, 0.1) is 0 Å². The van der Waals surface area contributed by atoms with Gasteiger partial charge in [-0.1, -0.05) is 50.1 Å². The highest BCUT2D eigenvalue weighted by Crippen LogP contribution is 2.29. The zero-order chi connectivity index (χ0) is 25.1. The van der Waals surface area contributed by atoms with Gasteiger partial charge in [-0.15, -0.1) is 0 Å². The normalized spacial score (nSPS) is 13.0. The lowest BCUT2D eigenvalue weighted by Gasteiger charge is -2.22. The van der Waals surface area contributed by atoms with Crippen LogP contribution in [-0.4, -0.2) is 51.7 Å². The zero-order valence-electron chi connectivity index (χ0n) is 19.6. The molecular formula is C24H32N2O7S. The minimum absolute atomic E-state index is 0.108. The summed E-state index contributed by atoms with van der Waals surface area (Å²) in [5.41, 5.74) is 0.923. The smallest absolute Gasteiger partial charge is 0.326 e. The van der Waals surface area contributed by atoms with Crippen molar-refractivity contribution in [1.29, 1.82) is 0 Å². The Bertz CT molecular complexity index is 1060. The topological polar surface area (TPSA) is 131 Å². The van der Waals surface area contributed by atoms with Gasteiger partial charge in [-0.3, -0.25) is 4.79 Å². The van der Waals surface area contributed by atoms with Crippen LogP contribution in [0.2, 0.25) is 0 Å². The maximum atomic E-state index is 13.1. The van der Waals surface area contributed by atoms with E-state index >= 15 is 0 Å². The lowest BCUT2D eigenvalue weighted by molar-refractivity contribution is -0.142. The molecule has 0 aliphatic carbocycles. The number of rotatable bonds is 14. The third-order valence-electron chi connectivity index (χ3n) is 5.30. The number of amides is 1. The van der Waals surface area contributed by atoms with Gasteiger partial charge in [0.05, 0.1) is 19.1 Å². The molecule has 0 unspecified atom stereocenters. The van der Waals surface area contributed by atoms with Crippen LogP contribution in [0.15, 0.2) is 53.4 Å². The molecule has 9 nitrogen and oxygen atoms in total. The Morgan fingerprint density at radius 3 is 2.24 bits per heavy atom. The van der Waals surface area contributed by atoms with E-state index in [2.05, 4.69) is 10.0 Å². The first kappa shape index (κ1) is 27.1. The highest BCUT2D eigenvalue weighted by atomic mass is 32.2. The molecule has 0 heterocycles. The molecule has 10 heteroatoms. The number of methoxy groups -OCH3 is 2. The molecule has 0 aliphatic heterocycles. The molecule has 2 atom stereocenters. The van der Waals surface area contributed by atoms with Crippen LogP contribution in [0.5, 0.6) is 11.5 Å². The number of aryl methyl sites for hydroxylation is 1. The molecule has 2 aromatic rings. The summed E-state index contributed by atoms with van der Waals surface area (Å²) in [6, 6.07) is 11.1. The Morgan fingerprint density at radius 1 is 0.971 bits per heavy atom. The standard InChI is InChI=1S/C24H32N2O7S/c1-4-5-11-20(24(28)29)25-23(27)19(14-12-17-9-7-6-8-10-17)26-34(30,31)18-13-15-21(32-2)22(16-18)33-3/h6-10,13,15-16,19-20,26H,4-5,11-12,14H2,1-3H3,(H,25,27)(H,28,29)/t19-,20-/m0/s1. The van der Waals surface area contributed by atoms with E-state index in [9.17, 15) is 23.1 Å². The summed E-state index contributed by atoms with van der Waals surface area (Å²) in [7, 11) is -1.31. The lowest BCUT2D eigenvalue weighted by Crippen LogP contribution is -2.51. The highest BCUT2D eigenvalue weighted by Gasteiger charge is 2.29. The van der Waals surface area contributed by atoms with Crippen molar-refractivity contribution in [1.82, 2.24) is 10.0 Å². The van der Waals surface area contributed by atoms with E-state index in [4.69, 9.17) is 9.47 Å². The molecule has 34 heavy (non-hydrogen) atoms. The Balaban J connectivity index is 2.28. The van der Waals surface area contributed by atoms with Gasteiger partial charge in [0.15, 0.2) is 11.5 Å². The number of benzene rings is 2. The fourth-order valence-corrected chi connectivity index (χ4v) is 4.62. The van der Waals surface area contributed by atoms with Crippen LogP contribution >= 0.6 is 0 Å². The summed E-state index contributed by atoms with van der Waals surface area (Å²) in [5.74, 6) is -1.27. The monoisotopic (exact) mass is 492 g/mol. The number of carbonyl (C=O) groups is 2. The van der Waals surface area contributed by atoms with Crippen LogP contribution < -0.4 is 19.5 Å². The summed E-state index contributed by atoms with van der Waals surface area (Å²) in [4.78, 5) is 24.5. The molecule has 3 N–H and O–H groups in total. The van der Waals surface area contributed by atoms with Gasteiger partial charge in [0.2, 0.25) is 15.9 Å². The molecule has 0 bridgehead atoms. The van der Waals surface area contributed by atoms with Gasteiger partial charge < -0.3 is 19.9 Å². The molecule has 1 amide bonds. The predicted molar refractivity (Wildman–Crippen MR) is 128 cm³/mol. The number of hydrogen-bond acceptors (Lipinski definition) is 6. The van der Waals surface area contributed by atoms with E-state index in [0.717, 1.165) is 12.0 Å². The molecule has 0 spiro atoms. The van der Waals surface area contributed by atoms with Gasteiger partial charge in [0, 0.05) is 6.07 Å². The van der Waals surface area contributed by atoms with Gasteiger partial charge in [-0.2, -0.15) is 4.72 Å². The molecule has 0 saturated heterocycles. The van der Waals surface area contributed by atoms with Crippen molar-refractivity contribution in [3.8, 4) is 11.5 Å². The SMILES string of the molecule is CCCC[C@H](NC(=O)[C@H](CCc1ccccc1)NS(=O)(=O)c1ccc(OC)c(OC)c1)C(=O)O. The van der Waals surface area contributed by atoms with Gasteiger partial charge in [0.1, 0.15) is 12.1 Å². The Labute approximate surface area is 200 Å². The number of unbranched alkanes of at least 4 members (excludes halogenated alkanes) is 1. The zero-order valence-corrected chi connectivity index (χ0v) is 20.4. The Morgan fingerprint density at radius 2 is 1.65 bits per heavy atom. The molecule has 0 aromatic heterocycles. The average molecular weight is 493 g/mol. The van der Waals surface area contributed by atoms with Gasteiger partial charge in [-0.25, -0.2) is 13.2 Å². The largest absolute Gasteiger partial charge is 0.493 e. The lowest BCUT2D eigenvalue weighted by atomic mass is 10.0. The van der Waals surface area contributed by atoms with Crippen LogP contribution in [0.3, 0.4) is 0 Å². The Kier molecular flexibility index (Phi) is 10.3. The number of carboxylic acids is 1. The van der Waals surface area contributed by atoms with Crippen molar-refractivity contribution in [3.63, 3.8) is 0 Å². The van der Waals surface area contributed by atoms with Crippen molar-refractivity contribution >= 4 is 21.9 Å².